The van der Waals surface area contributed by atoms with Crippen LogP contribution < -0.4 is 0 Å². The van der Waals surface area contributed by atoms with Gasteiger partial charge in [0.15, 0.2) is 0 Å². The van der Waals surface area contributed by atoms with Crippen molar-refractivity contribution in [2.24, 2.45) is 17.8 Å². The van der Waals surface area contributed by atoms with Gasteiger partial charge >= 0.3 is 0 Å². The van der Waals surface area contributed by atoms with Gasteiger partial charge in [-0.05, 0) is 43.9 Å². The summed E-state index contributed by atoms with van der Waals surface area (Å²) in [7, 11) is 0. The first kappa shape index (κ1) is 10.6. The molecule has 16 heavy (non-hydrogen) atoms. The van der Waals surface area contributed by atoms with Crippen LogP contribution in [0.15, 0.2) is 0 Å². The highest BCUT2D eigenvalue weighted by Gasteiger charge is 2.44. The van der Waals surface area contributed by atoms with Crippen molar-refractivity contribution in [1.82, 2.24) is 4.90 Å². The third-order valence-electron chi connectivity index (χ3n) is 4.76. The van der Waals surface area contributed by atoms with E-state index in [1.165, 1.54) is 19.3 Å². The zero-order chi connectivity index (χ0) is 11.1. The number of aliphatic hydroxyl groups is 1. The molecule has 1 amide bonds. The number of amides is 1. The summed E-state index contributed by atoms with van der Waals surface area (Å²) in [6.07, 6.45) is 6.56. The number of aliphatic hydroxyl groups excluding tert-OH is 1. The Morgan fingerprint density at radius 3 is 2.69 bits per heavy atom. The molecule has 1 aliphatic heterocycles. The molecule has 0 aromatic carbocycles. The van der Waals surface area contributed by atoms with Crippen LogP contribution in [0.25, 0.3) is 0 Å². The van der Waals surface area contributed by atoms with E-state index in [-0.39, 0.29) is 6.10 Å². The number of fused-ring (bicyclic) bond motifs is 2. The molecule has 3 nitrogen and oxygen atoms in total. The highest BCUT2D eigenvalue weighted by molar-refractivity contribution is 5.79. The van der Waals surface area contributed by atoms with Crippen molar-refractivity contribution >= 4 is 5.91 Å². The second-order valence-corrected chi connectivity index (χ2v) is 5.86. The van der Waals surface area contributed by atoms with Gasteiger partial charge in [-0.1, -0.05) is 6.42 Å². The predicted molar refractivity (Wildman–Crippen MR) is 60.8 cm³/mol. The second kappa shape index (κ2) is 4.02. The Labute approximate surface area is 96.8 Å². The van der Waals surface area contributed by atoms with Crippen LogP contribution in [0.1, 0.15) is 38.5 Å². The Morgan fingerprint density at radius 2 is 2.06 bits per heavy atom. The van der Waals surface area contributed by atoms with Gasteiger partial charge in [-0.15, -0.1) is 0 Å². The van der Waals surface area contributed by atoms with E-state index >= 15 is 0 Å². The average molecular weight is 223 g/mol. The topological polar surface area (TPSA) is 40.5 Å². The van der Waals surface area contributed by atoms with Crippen molar-refractivity contribution in [3.63, 3.8) is 0 Å². The van der Waals surface area contributed by atoms with Gasteiger partial charge in [0.2, 0.25) is 5.91 Å². The van der Waals surface area contributed by atoms with Gasteiger partial charge in [0, 0.05) is 19.0 Å². The Hall–Kier alpha value is -0.570. The van der Waals surface area contributed by atoms with Crippen molar-refractivity contribution in [2.75, 3.05) is 13.1 Å². The molecule has 90 valence electrons. The van der Waals surface area contributed by atoms with Crippen LogP contribution in [0, 0.1) is 17.8 Å². The van der Waals surface area contributed by atoms with Gasteiger partial charge in [-0.3, -0.25) is 4.79 Å². The van der Waals surface area contributed by atoms with E-state index in [0.717, 1.165) is 31.7 Å². The van der Waals surface area contributed by atoms with Crippen molar-refractivity contribution in [3.8, 4) is 0 Å². The molecule has 4 unspecified atom stereocenters. The lowest BCUT2D eigenvalue weighted by atomic mass is 9.87. The molecular formula is C13H21NO2. The fraction of sp³-hybridized carbons (Fsp3) is 0.923. The summed E-state index contributed by atoms with van der Waals surface area (Å²) in [4.78, 5) is 14.3. The molecule has 4 atom stereocenters. The molecule has 3 fully saturated rings. The number of piperidine rings is 1. The summed E-state index contributed by atoms with van der Waals surface area (Å²) in [6, 6.07) is 0. The highest BCUT2D eigenvalue weighted by Crippen LogP contribution is 2.48. The number of carbonyl (C=O) groups excluding carboxylic acids is 1. The number of hydrogen-bond acceptors (Lipinski definition) is 2. The first-order valence-corrected chi connectivity index (χ1v) is 6.71. The fourth-order valence-electron chi connectivity index (χ4n) is 3.94. The van der Waals surface area contributed by atoms with E-state index in [2.05, 4.69) is 0 Å². The zero-order valence-corrected chi connectivity index (χ0v) is 9.77. The zero-order valence-electron chi connectivity index (χ0n) is 9.77. The molecule has 1 N–H and O–H groups in total. The van der Waals surface area contributed by atoms with Crippen LogP contribution in [0.5, 0.6) is 0 Å². The van der Waals surface area contributed by atoms with Crippen LogP contribution in [-0.2, 0) is 4.79 Å². The van der Waals surface area contributed by atoms with Gasteiger partial charge < -0.3 is 10.0 Å². The van der Waals surface area contributed by atoms with Gasteiger partial charge in [0.25, 0.3) is 0 Å². The minimum atomic E-state index is -0.281. The quantitative estimate of drug-likeness (QED) is 0.730. The van der Waals surface area contributed by atoms with Crippen LogP contribution in [0.3, 0.4) is 0 Å². The van der Waals surface area contributed by atoms with Gasteiger partial charge in [0.1, 0.15) is 0 Å². The number of β-amino-alcohol motifs (C(OH)–C–C–N with tert-alkyl or cyclic N) is 1. The Kier molecular flexibility index (Phi) is 2.66. The molecule has 1 heterocycles. The first-order valence-electron chi connectivity index (χ1n) is 6.71. The maximum atomic E-state index is 12.4. The fourth-order valence-corrected chi connectivity index (χ4v) is 3.94. The monoisotopic (exact) mass is 223 g/mol. The molecule has 0 aromatic heterocycles. The number of likely N-dealkylation sites (tertiary alicyclic amines) is 1. The van der Waals surface area contributed by atoms with E-state index < -0.39 is 0 Å². The number of hydrogen-bond donors (Lipinski definition) is 1. The number of rotatable bonds is 1. The van der Waals surface area contributed by atoms with Crippen LogP contribution in [0.2, 0.25) is 0 Å². The molecule has 2 aliphatic carbocycles. The Balaban J connectivity index is 1.64. The van der Waals surface area contributed by atoms with E-state index in [9.17, 15) is 9.90 Å². The lowest BCUT2D eigenvalue weighted by molar-refractivity contribution is -0.140. The molecule has 2 saturated carbocycles. The standard InChI is InChI=1S/C13H21NO2/c15-11-2-1-5-14(8-11)13(16)12-7-9-3-4-10(12)6-9/h9-12,15H,1-8H2. The molecule has 3 heteroatoms. The lowest BCUT2D eigenvalue weighted by Gasteiger charge is -2.34. The first-order chi connectivity index (χ1) is 7.74. The van der Waals surface area contributed by atoms with Gasteiger partial charge in [0.05, 0.1) is 6.10 Å². The SMILES string of the molecule is O=C(C1CC2CCC1C2)N1CCCC(O)C1. The minimum Gasteiger partial charge on any atom is -0.391 e. The molecule has 0 spiro atoms. The van der Waals surface area contributed by atoms with Crippen LogP contribution in [0.4, 0.5) is 0 Å². The molecule has 3 rings (SSSR count). The molecule has 0 aromatic rings. The van der Waals surface area contributed by atoms with E-state index in [4.69, 9.17) is 0 Å². The maximum Gasteiger partial charge on any atom is 0.226 e. The molecule has 0 radical (unpaired) electrons. The summed E-state index contributed by atoms with van der Waals surface area (Å²) in [6.45, 7) is 1.44. The minimum absolute atomic E-state index is 0.281. The van der Waals surface area contributed by atoms with Crippen molar-refractivity contribution in [2.45, 2.75) is 44.6 Å². The Bertz CT molecular complexity index is 292. The van der Waals surface area contributed by atoms with Crippen molar-refractivity contribution in [3.05, 3.63) is 0 Å². The number of nitrogens with zero attached hydrogens (tertiary/aromatic N) is 1. The third kappa shape index (κ3) is 1.75. The van der Waals surface area contributed by atoms with E-state index in [1.807, 2.05) is 4.90 Å². The maximum absolute atomic E-state index is 12.4. The molecular weight excluding hydrogens is 202 g/mol. The van der Waals surface area contributed by atoms with Crippen LogP contribution >= 0.6 is 0 Å². The van der Waals surface area contributed by atoms with E-state index in [1.54, 1.807) is 0 Å². The van der Waals surface area contributed by atoms with Crippen molar-refractivity contribution in [1.29, 1.82) is 0 Å². The summed E-state index contributed by atoms with van der Waals surface area (Å²) in [5.41, 5.74) is 0. The summed E-state index contributed by atoms with van der Waals surface area (Å²) < 4.78 is 0. The summed E-state index contributed by atoms with van der Waals surface area (Å²) in [5, 5.41) is 9.61. The second-order valence-electron chi connectivity index (χ2n) is 5.86. The van der Waals surface area contributed by atoms with Crippen molar-refractivity contribution < 1.29 is 9.90 Å². The van der Waals surface area contributed by atoms with Gasteiger partial charge in [-0.2, -0.15) is 0 Å². The normalized spacial score (nSPS) is 42.7. The third-order valence-corrected chi connectivity index (χ3v) is 4.76. The van der Waals surface area contributed by atoms with E-state index in [0.29, 0.717) is 24.3 Å². The molecule has 2 bridgehead atoms. The number of carbonyl (C=O) groups is 1. The predicted octanol–water partition coefficient (Wildman–Crippen LogP) is 1.41. The smallest absolute Gasteiger partial charge is 0.226 e. The highest BCUT2D eigenvalue weighted by atomic mass is 16.3. The molecule has 1 saturated heterocycles. The Morgan fingerprint density at radius 1 is 1.19 bits per heavy atom. The average Bonchev–Trinajstić information content (AvgIpc) is 2.89. The lowest BCUT2D eigenvalue weighted by Crippen LogP contribution is -2.45. The summed E-state index contributed by atoms with van der Waals surface area (Å²) in [5.74, 6) is 2.13. The van der Waals surface area contributed by atoms with Gasteiger partial charge in [-0.25, -0.2) is 0 Å². The summed E-state index contributed by atoms with van der Waals surface area (Å²) >= 11 is 0. The largest absolute Gasteiger partial charge is 0.391 e. The molecule has 3 aliphatic rings. The van der Waals surface area contributed by atoms with Crippen LogP contribution in [-0.4, -0.2) is 35.1 Å².